The minimum Gasteiger partial charge on any atom is -0.371 e. The predicted molar refractivity (Wildman–Crippen MR) is 137 cm³/mol. The summed E-state index contributed by atoms with van der Waals surface area (Å²) in [6.07, 6.45) is 8.27. The number of likely N-dealkylation sites (tertiary alicyclic amines) is 1. The number of para-hydroxylation sites is 1. The number of fused-ring (bicyclic) bond motifs is 2. The summed E-state index contributed by atoms with van der Waals surface area (Å²) in [5.41, 5.74) is 5.42. The fourth-order valence-corrected chi connectivity index (χ4v) is 5.52. The highest BCUT2D eigenvalue weighted by Crippen LogP contribution is 2.34. The third-order valence-electron chi connectivity index (χ3n) is 7.12. The summed E-state index contributed by atoms with van der Waals surface area (Å²) in [4.78, 5) is 5.20. The number of nitrogens with zero attached hydrogens (tertiary/aromatic N) is 3. The van der Waals surface area contributed by atoms with Crippen LogP contribution in [-0.4, -0.2) is 42.2 Å². The van der Waals surface area contributed by atoms with E-state index in [-0.39, 0.29) is 30.6 Å². The largest absolute Gasteiger partial charge is 0.371 e. The Balaban J connectivity index is 0.00000144. The Morgan fingerprint density at radius 2 is 1.75 bits per heavy atom. The minimum atomic E-state index is -0.133. The first-order valence-electron chi connectivity index (χ1n) is 11.5. The molecule has 0 unspecified atom stereocenters. The fraction of sp³-hybridized carbons (Fsp3) is 0.462. The van der Waals surface area contributed by atoms with Crippen LogP contribution < -0.4 is 4.90 Å². The van der Waals surface area contributed by atoms with Crippen molar-refractivity contribution < 1.29 is 4.39 Å². The van der Waals surface area contributed by atoms with Gasteiger partial charge in [-0.3, -0.25) is 0 Å². The molecule has 1 aromatic heterocycles. The molecule has 0 saturated carbocycles. The van der Waals surface area contributed by atoms with Crippen LogP contribution in [0.2, 0.25) is 0 Å². The second kappa shape index (κ2) is 10.9. The zero-order chi connectivity index (χ0) is 20.5. The molecule has 1 fully saturated rings. The molecule has 6 heteroatoms. The normalized spacial score (nSPS) is 17.0. The summed E-state index contributed by atoms with van der Waals surface area (Å²) in [5.74, 6) is 0.410. The van der Waals surface area contributed by atoms with Crippen LogP contribution in [0.1, 0.15) is 42.7 Å². The Bertz CT molecular complexity index is 1030. The van der Waals surface area contributed by atoms with Gasteiger partial charge in [-0.1, -0.05) is 18.2 Å². The van der Waals surface area contributed by atoms with Crippen LogP contribution in [0.3, 0.4) is 0 Å². The van der Waals surface area contributed by atoms with Gasteiger partial charge >= 0.3 is 0 Å². The number of aryl methyl sites for hydroxylation is 2. The molecule has 3 nitrogen and oxygen atoms in total. The number of rotatable bonds is 5. The van der Waals surface area contributed by atoms with Crippen LogP contribution in [0.4, 0.5) is 10.1 Å². The molecule has 2 aliphatic rings. The third kappa shape index (κ3) is 5.08. The number of hydrogen-bond acceptors (Lipinski definition) is 2. The summed E-state index contributed by atoms with van der Waals surface area (Å²) in [5, 5.41) is 1.10. The first kappa shape index (κ1) is 24.9. The van der Waals surface area contributed by atoms with Crippen molar-refractivity contribution in [3.05, 3.63) is 65.6 Å². The lowest BCUT2D eigenvalue weighted by atomic mass is 9.89. The molecule has 3 aromatic rings. The van der Waals surface area contributed by atoms with Crippen LogP contribution >= 0.6 is 24.8 Å². The third-order valence-corrected chi connectivity index (χ3v) is 7.12. The number of halogens is 3. The zero-order valence-electron chi connectivity index (χ0n) is 18.8. The smallest absolute Gasteiger partial charge is 0.123 e. The van der Waals surface area contributed by atoms with E-state index in [1.807, 2.05) is 6.07 Å². The van der Waals surface area contributed by atoms with E-state index in [9.17, 15) is 4.39 Å². The van der Waals surface area contributed by atoms with Crippen molar-refractivity contribution in [1.82, 2.24) is 9.47 Å². The number of anilines is 1. The molecule has 0 bridgehead atoms. The van der Waals surface area contributed by atoms with Crippen LogP contribution in [-0.2, 0) is 13.5 Å². The van der Waals surface area contributed by atoms with Gasteiger partial charge < -0.3 is 14.4 Å². The lowest BCUT2D eigenvalue weighted by Crippen LogP contribution is -2.36. The molecule has 3 heterocycles. The van der Waals surface area contributed by atoms with Crippen molar-refractivity contribution >= 4 is 41.4 Å². The maximum atomic E-state index is 13.8. The molecule has 0 radical (unpaired) electrons. The summed E-state index contributed by atoms with van der Waals surface area (Å²) < 4.78 is 16.0. The van der Waals surface area contributed by atoms with Crippen molar-refractivity contribution in [3.8, 4) is 0 Å². The molecule has 5 rings (SSSR count). The van der Waals surface area contributed by atoms with E-state index >= 15 is 0 Å². The highest BCUT2D eigenvalue weighted by atomic mass is 35.5. The van der Waals surface area contributed by atoms with Crippen LogP contribution in [0, 0.1) is 5.82 Å². The molecular weight excluding hydrogens is 444 g/mol. The molecule has 32 heavy (non-hydrogen) atoms. The van der Waals surface area contributed by atoms with Crippen LogP contribution in [0.15, 0.2) is 48.7 Å². The van der Waals surface area contributed by atoms with E-state index in [1.54, 1.807) is 12.1 Å². The minimum absolute atomic E-state index is 0. The van der Waals surface area contributed by atoms with E-state index in [2.05, 4.69) is 51.9 Å². The molecule has 0 amide bonds. The molecule has 0 aliphatic carbocycles. The molecule has 0 atom stereocenters. The van der Waals surface area contributed by atoms with Gasteiger partial charge in [0, 0.05) is 42.9 Å². The predicted octanol–water partition coefficient (Wildman–Crippen LogP) is 6.18. The van der Waals surface area contributed by atoms with Gasteiger partial charge in [-0.15, -0.1) is 24.8 Å². The van der Waals surface area contributed by atoms with Gasteiger partial charge in [0.05, 0.1) is 0 Å². The van der Waals surface area contributed by atoms with Gasteiger partial charge in [0.15, 0.2) is 0 Å². The molecule has 0 spiro atoms. The van der Waals surface area contributed by atoms with Gasteiger partial charge in [0.25, 0.3) is 0 Å². The average molecular weight is 478 g/mol. The second-order valence-electron chi connectivity index (χ2n) is 9.05. The molecule has 2 aromatic carbocycles. The van der Waals surface area contributed by atoms with Gasteiger partial charge in [0.2, 0.25) is 0 Å². The molecule has 1 saturated heterocycles. The number of piperidine rings is 1. The Hall–Kier alpha value is -1.75. The van der Waals surface area contributed by atoms with E-state index < -0.39 is 0 Å². The van der Waals surface area contributed by atoms with Gasteiger partial charge in [-0.2, -0.15) is 0 Å². The number of aromatic nitrogens is 1. The SMILES string of the molecule is Cl.Cl.Cn1cc(C2CCN(CCCN3CCCc4ccccc43)CC2)c2cc(F)ccc21. The number of hydrogen-bond donors (Lipinski definition) is 0. The fourth-order valence-electron chi connectivity index (χ4n) is 5.52. The van der Waals surface area contributed by atoms with Gasteiger partial charge in [-0.05, 0) is 93.0 Å². The molecular formula is C26H34Cl2FN3. The maximum absolute atomic E-state index is 13.8. The topological polar surface area (TPSA) is 11.4 Å². The average Bonchev–Trinajstić information content (AvgIpc) is 3.10. The highest BCUT2D eigenvalue weighted by Gasteiger charge is 2.24. The van der Waals surface area contributed by atoms with Gasteiger partial charge in [0.1, 0.15) is 5.82 Å². The zero-order valence-corrected chi connectivity index (χ0v) is 20.4. The Kier molecular flexibility index (Phi) is 8.49. The van der Waals surface area contributed by atoms with E-state index in [1.165, 1.54) is 62.0 Å². The van der Waals surface area contributed by atoms with E-state index in [4.69, 9.17) is 0 Å². The van der Waals surface area contributed by atoms with Crippen molar-refractivity contribution in [2.45, 2.75) is 38.0 Å². The Morgan fingerprint density at radius 3 is 2.56 bits per heavy atom. The summed E-state index contributed by atoms with van der Waals surface area (Å²) in [7, 11) is 2.07. The van der Waals surface area contributed by atoms with Gasteiger partial charge in [-0.25, -0.2) is 4.39 Å². The Labute approximate surface area is 203 Å². The van der Waals surface area contributed by atoms with Crippen molar-refractivity contribution in [3.63, 3.8) is 0 Å². The maximum Gasteiger partial charge on any atom is 0.123 e. The van der Waals surface area contributed by atoms with E-state index in [0.717, 1.165) is 30.5 Å². The quantitative estimate of drug-likeness (QED) is 0.434. The highest BCUT2D eigenvalue weighted by molar-refractivity contribution is 5.86. The van der Waals surface area contributed by atoms with Crippen LogP contribution in [0.25, 0.3) is 10.9 Å². The number of benzene rings is 2. The first-order valence-corrected chi connectivity index (χ1v) is 11.5. The van der Waals surface area contributed by atoms with Crippen molar-refractivity contribution in [2.24, 2.45) is 7.05 Å². The monoisotopic (exact) mass is 477 g/mol. The van der Waals surface area contributed by atoms with Crippen molar-refractivity contribution in [1.29, 1.82) is 0 Å². The summed E-state index contributed by atoms with van der Waals surface area (Å²) >= 11 is 0. The second-order valence-corrected chi connectivity index (χ2v) is 9.05. The molecule has 2 aliphatic heterocycles. The Morgan fingerprint density at radius 1 is 0.969 bits per heavy atom. The molecule has 0 N–H and O–H groups in total. The lowest BCUT2D eigenvalue weighted by Gasteiger charge is -2.34. The summed E-state index contributed by atoms with van der Waals surface area (Å²) in [6, 6.07) is 14.1. The lowest BCUT2D eigenvalue weighted by molar-refractivity contribution is 0.211. The van der Waals surface area contributed by atoms with Crippen molar-refractivity contribution in [2.75, 3.05) is 37.6 Å². The van der Waals surface area contributed by atoms with Crippen LogP contribution in [0.5, 0.6) is 0 Å². The van der Waals surface area contributed by atoms with E-state index in [0.29, 0.717) is 5.92 Å². The first-order chi connectivity index (χ1) is 14.7. The molecule has 174 valence electrons. The summed E-state index contributed by atoms with van der Waals surface area (Å²) in [6.45, 7) is 5.81. The standard InChI is InChI=1S/C26H32FN3.2ClH/c1-28-19-24(23-18-22(27)9-10-26(23)28)20-11-16-29(17-12-20)13-5-15-30-14-4-7-21-6-2-3-8-25(21)30;;/h2-3,6,8-10,18-20H,4-5,7,11-17H2,1H3;2*1H.